The van der Waals surface area contributed by atoms with E-state index in [0.717, 1.165) is 25.7 Å². The smallest absolute Gasteiger partial charge is 0.104 e. The first-order chi connectivity index (χ1) is 12.1. The number of benzene rings is 2. The van der Waals surface area contributed by atoms with E-state index in [1.54, 1.807) is 0 Å². The minimum atomic E-state index is -0.799. The summed E-state index contributed by atoms with van der Waals surface area (Å²) >= 11 is 0. The van der Waals surface area contributed by atoms with Gasteiger partial charge >= 0.3 is 0 Å². The highest BCUT2D eigenvalue weighted by Gasteiger charge is 2.14. The molecule has 0 nitrogen and oxygen atoms in total. The van der Waals surface area contributed by atoms with E-state index in [1.165, 1.54) is 28.7 Å². The van der Waals surface area contributed by atoms with Gasteiger partial charge in [0.25, 0.3) is 0 Å². The van der Waals surface area contributed by atoms with Crippen molar-refractivity contribution >= 4 is 0 Å². The summed E-state index contributed by atoms with van der Waals surface area (Å²) in [6.07, 6.45) is 7.03. The van der Waals surface area contributed by atoms with Crippen LogP contribution in [0.4, 0.5) is 4.39 Å². The van der Waals surface area contributed by atoms with Gasteiger partial charge in [0.15, 0.2) is 0 Å². The van der Waals surface area contributed by atoms with Crippen LogP contribution < -0.4 is 0 Å². The molecule has 25 heavy (non-hydrogen) atoms. The standard InChI is InChI=1S/C24H32F/c1-4-6-7-9-24(25)18-19(3)21-14-16-23(17-15-21)22-12-10-20(8-5-2)11-13-22/h9-17,19,24H,4-8,18H2,1-3H3. The highest BCUT2D eigenvalue weighted by atomic mass is 19.1. The molecule has 0 bridgehead atoms. The van der Waals surface area contributed by atoms with Crippen LogP contribution >= 0.6 is 0 Å². The molecular weight excluding hydrogens is 307 g/mol. The van der Waals surface area contributed by atoms with Crippen LogP contribution in [0.25, 0.3) is 11.1 Å². The molecule has 135 valence electrons. The highest BCUT2D eigenvalue weighted by Crippen LogP contribution is 2.27. The summed E-state index contributed by atoms with van der Waals surface area (Å²) in [5.41, 5.74) is 5.09. The van der Waals surface area contributed by atoms with Gasteiger partial charge in [0.05, 0.1) is 0 Å². The van der Waals surface area contributed by atoms with Gasteiger partial charge in [-0.15, -0.1) is 0 Å². The molecule has 2 aromatic rings. The van der Waals surface area contributed by atoms with Crippen molar-refractivity contribution in [2.24, 2.45) is 0 Å². The van der Waals surface area contributed by atoms with Gasteiger partial charge in [-0.2, -0.15) is 0 Å². The highest BCUT2D eigenvalue weighted by molar-refractivity contribution is 5.64. The van der Waals surface area contributed by atoms with Crippen LogP contribution in [0.5, 0.6) is 0 Å². The Morgan fingerprint density at radius 3 is 2.04 bits per heavy atom. The third kappa shape index (κ3) is 6.30. The lowest BCUT2D eigenvalue weighted by molar-refractivity contribution is 0.329. The molecule has 0 spiro atoms. The number of alkyl halides is 1. The summed E-state index contributed by atoms with van der Waals surface area (Å²) in [6.45, 7) is 6.47. The van der Waals surface area contributed by atoms with E-state index in [4.69, 9.17) is 0 Å². The topological polar surface area (TPSA) is 0 Å². The van der Waals surface area contributed by atoms with Crippen molar-refractivity contribution in [3.05, 3.63) is 66.1 Å². The second kappa shape index (κ2) is 10.4. The maximum absolute atomic E-state index is 14.1. The van der Waals surface area contributed by atoms with Gasteiger partial charge in [0.1, 0.15) is 6.17 Å². The number of aryl methyl sites for hydroxylation is 1. The average Bonchev–Trinajstić information content (AvgIpc) is 2.63. The van der Waals surface area contributed by atoms with Crippen LogP contribution in [0.15, 0.2) is 48.5 Å². The van der Waals surface area contributed by atoms with Crippen LogP contribution in [0.1, 0.15) is 69.9 Å². The number of halogens is 1. The molecule has 2 aromatic carbocycles. The van der Waals surface area contributed by atoms with Crippen LogP contribution in [0.2, 0.25) is 0 Å². The Bertz CT molecular complexity index is 597. The van der Waals surface area contributed by atoms with E-state index in [0.29, 0.717) is 6.42 Å². The minimum absolute atomic E-state index is 0.244. The van der Waals surface area contributed by atoms with Crippen molar-refractivity contribution in [2.45, 2.75) is 71.4 Å². The van der Waals surface area contributed by atoms with Gasteiger partial charge in [-0.1, -0.05) is 88.6 Å². The molecule has 0 aliphatic heterocycles. The summed E-state index contributed by atoms with van der Waals surface area (Å²) in [7, 11) is 0. The van der Waals surface area contributed by atoms with Crippen LogP contribution in [0.3, 0.4) is 0 Å². The summed E-state index contributed by atoms with van der Waals surface area (Å²) in [5.74, 6) is 0.244. The molecule has 0 amide bonds. The van der Waals surface area contributed by atoms with Crippen LogP contribution in [-0.2, 0) is 6.42 Å². The number of rotatable bonds is 10. The van der Waals surface area contributed by atoms with Crippen molar-refractivity contribution in [3.63, 3.8) is 0 Å². The molecular formula is C24H32F. The Hall–Kier alpha value is -1.63. The predicted molar refractivity (Wildman–Crippen MR) is 108 cm³/mol. The van der Waals surface area contributed by atoms with E-state index in [1.807, 2.05) is 6.42 Å². The van der Waals surface area contributed by atoms with Gasteiger partial charge in [-0.25, -0.2) is 4.39 Å². The Morgan fingerprint density at radius 1 is 0.880 bits per heavy atom. The molecule has 0 aliphatic carbocycles. The zero-order valence-corrected chi connectivity index (χ0v) is 16.0. The average molecular weight is 340 g/mol. The van der Waals surface area contributed by atoms with E-state index >= 15 is 0 Å². The first-order valence-corrected chi connectivity index (χ1v) is 9.80. The SMILES string of the molecule is CCCC[CH]C(F)CC(C)c1ccc(-c2ccc(CCC)cc2)cc1. The fourth-order valence-corrected chi connectivity index (χ4v) is 3.23. The quantitative estimate of drug-likeness (QED) is 0.392. The third-order valence-electron chi connectivity index (χ3n) is 4.86. The van der Waals surface area contributed by atoms with E-state index < -0.39 is 6.17 Å². The summed E-state index contributed by atoms with van der Waals surface area (Å²) in [5, 5.41) is 0. The molecule has 2 rings (SSSR count). The predicted octanol–water partition coefficient (Wildman–Crippen LogP) is 7.53. The monoisotopic (exact) mass is 339 g/mol. The van der Waals surface area contributed by atoms with Crippen molar-refractivity contribution < 1.29 is 4.39 Å². The van der Waals surface area contributed by atoms with Gasteiger partial charge in [-0.3, -0.25) is 0 Å². The summed E-state index contributed by atoms with van der Waals surface area (Å²) in [6, 6.07) is 17.5. The van der Waals surface area contributed by atoms with Gasteiger partial charge in [0.2, 0.25) is 0 Å². The fraction of sp³-hybridized carbons (Fsp3) is 0.458. The number of hydrogen-bond donors (Lipinski definition) is 0. The lowest BCUT2D eigenvalue weighted by Gasteiger charge is -2.15. The molecule has 1 heteroatoms. The molecule has 0 saturated heterocycles. The Labute approximate surface area is 153 Å². The van der Waals surface area contributed by atoms with E-state index in [2.05, 4.69) is 69.3 Å². The molecule has 0 aliphatic rings. The van der Waals surface area contributed by atoms with Crippen LogP contribution in [0, 0.1) is 6.42 Å². The van der Waals surface area contributed by atoms with Crippen molar-refractivity contribution in [2.75, 3.05) is 0 Å². The maximum Gasteiger partial charge on any atom is 0.104 e. The lowest BCUT2D eigenvalue weighted by Crippen LogP contribution is -2.06. The molecule has 0 N–H and O–H groups in total. The molecule has 2 unspecified atom stereocenters. The Morgan fingerprint density at radius 2 is 1.48 bits per heavy atom. The number of unbranched alkanes of at least 4 members (excludes halogenated alkanes) is 2. The third-order valence-corrected chi connectivity index (χ3v) is 4.86. The zero-order valence-electron chi connectivity index (χ0n) is 16.0. The van der Waals surface area contributed by atoms with Crippen molar-refractivity contribution in [1.29, 1.82) is 0 Å². The number of hydrogen-bond acceptors (Lipinski definition) is 0. The Balaban J connectivity index is 1.94. The molecule has 1 radical (unpaired) electrons. The van der Waals surface area contributed by atoms with Gasteiger partial charge in [-0.05, 0) is 53.9 Å². The van der Waals surface area contributed by atoms with Crippen LogP contribution in [-0.4, -0.2) is 6.17 Å². The molecule has 0 saturated carbocycles. The fourth-order valence-electron chi connectivity index (χ4n) is 3.23. The second-order valence-corrected chi connectivity index (χ2v) is 7.10. The van der Waals surface area contributed by atoms with E-state index in [9.17, 15) is 4.39 Å². The van der Waals surface area contributed by atoms with Gasteiger partial charge in [0, 0.05) is 0 Å². The van der Waals surface area contributed by atoms with Gasteiger partial charge < -0.3 is 0 Å². The second-order valence-electron chi connectivity index (χ2n) is 7.10. The van der Waals surface area contributed by atoms with E-state index in [-0.39, 0.29) is 5.92 Å². The lowest BCUT2D eigenvalue weighted by atomic mass is 9.92. The first kappa shape index (κ1) is 19.7. The summed E-state index contributed by atoms with van der Waals surface area (Å²) in [4.78, 5) is 0. The molecule has 2 atom stereocenters. The molecule has 0 heterocycles. The van der Waals surface area contributed by atoms with Crippen molar-refractivity contribution in [3.8, 4) is 11.1 Å². The zero-order chi connectivity index (χ0) is 18.1. The maximum atomic E-state index is 14.1. The first-order valence-electron chi connectivity index (χ1n) is 9.80. The largest absolute Gasteiger partial charge is 0.247 e. The summed E-state index contributed by atoms with van der Waals surface area (Å²) < 4.78 is 14.1. The Kier molecular flexibility index (Phi) is 8.18. The molecule has 0 fully saturated rings. The molecule has 0 aromatic heterocycles. The minimum Gasteiger partial charge on any atom is -0.247 e. The van der Waals surface area contributed by atoms with Crippen molar-refractivity contribution in [1.82, 2.24) is 0 Å². The normalized spacial score (nSPS) is 13.6.